The van der Waals surface area contributed by atoms with Gasteiger partial charge in [0.15, 0.2) is 0 Å². The first-order valence-electron chi connectivity index (χ1n) is 5.75. The molecule has 1 aromatic rings. The molecule has 0 N–H and O–H groups in total. The number of esters is 1. The van der Waals surface area contributed by atoms with Gasteiger partial charge in [-0.1, -0.05) is 36.4 Å². The van der Waals surface area contributed by atoms with Gasteiger partial charge in [0.05, 0.1) is 12.7 Å². The highest BCUT2D eigenvalue weighted by Gasteiger charge is 2.21. The van der Waals surface area contributed by atoms with Crippen molar-refractivity contribution in [2.24, 2.45) is 0 Å². The van der Waals surface area contributed by atoms with E-state index in [4.69, 9.17) is 9.47 Å². The highest BCUT2D eigenvalue weighted by molar-refractivity contribution is 5.66. The van der Waals surface area contributed by atoms with Gasteiger partial charge in [0.1, 0.15) is 6.10 Å². The van der Waals surface area contributed by atoms with Crippen LogP contribution >= 0.6 is 0 Å². The van der Waals surface area contributed by atoms with E-state index < -0.39 is 0 Å². The van der Waals surface area contributed by atoms with Crippen LogP contribution < -0.4 is 0 Å². The summed E-state index contributed by atoms with van der Waals surface area (Å²) in [6.45, 7) is 2.01. The molecule has 0 heterocycles. The minimum atomic E-state index is -0.247. The average Bonchev–Trinajstić information content (AvgIpc) is 2.75. The molecule has 0 aromatic heterocycles. The van der Waals surface area contributed by atoms with E-state index in [-0.39, 0.29) is 18.2 Å². The number of rotatable bonds is 4. The molecule has 2 atom stereocenters. The van der Waals surface area contributed by atoms with Crippen molar-refractivity contribution < 1.29 is 14.3 Å². The van der Waals surface area contributed by atoms with Gasteiger partial charge >= 0.3 is 5.97 Å². The quantitative estimate of drug-likeness (QED) is 0.591. The summed E-state index contributed by atoms with van der Waals surface area (Å²) in [5, 5.41) is 0. The molecule has 0 unspecified atom stereocenters. The van der Waals surface area contributed by atoms with E-state index in [0.29, 0.717) is 13.0 Å². The smallest absolute Gasteiger partial charge is 0.303 e. The van der Waals surface area contributed by atoms with E-state index in [1.807, 2.05) is 42.5 Å². The van der Waals surface area contributed by atoms with Crippen molar-refractivity contribution in [1.29, 1.82) is 0 Å². The van der Waals surface area contributed by atoms with Crippen molar-refractivity contribution in [3.05, 3.63) is 48.0 Å². The molecule has 0 fully saturated rings. The average molecular weight is 232 g/mol. The largest absolute Gasteiger partial charge is 0.458 e. The number of carbonyl (C=O) groups excluding carboxylic acids is 1. The zero-order valence-corrected chi connectivity index (χ0v) is 9.84. The Morgan fingerprint density at radius 2 is 1.94 bits per heavy atom. The van der Waals surface area contributed by atoms with Crippen LogP contribution in [-0.2, 0) is 20.9 Å². The highest BCUT2D eigenvalue weighted by atomic mass is 16.5. The molecule has 17 heavy (non-hydrogen) atoms. The lowest BCUT2D eigenvalue weighted by Gasteiger charge is -2.13. The predicted octanol–water partition coefficient (Wildman–Crippen LogP) is 2.46. The second-order valence-corrected chi connectivity index (χ2v) is 4.10. The standard InChI is InChI=1S/C14H16O3/c1-11(15)17-14-8-7-13(9-14)16-10-12-5-3-2-4-6-12/h2-8,13-14H,9-10H2,1H3/t13-,14+/m0/s1. The molecule has 0 radical (unpaired) electrons. The second-order valence-electron chi connectivity index (χ2n) is 4.10. The molecule has 90 valence electrons. The van der Waals surface area contributed by atoms with Gasteiger partial charge in [0.25, 0.3) is 0 Å². The lowest BCUT2D eigenvalue weighted by atomic mass is 10.2. The van der Waals surface area contributed by atoms with Crippen LogP contribution in [0.3, 0.4) is 0 Å². The second kappa shape index (κ2) is 5.64. The number of benzene rings is 1. The van der Waals surface area contributed by atoms with E-state index in [1.165, 1.54) is 6.92 Å². The molecular formula is C14H16O3. The number of ether oxygens (including phenoxy) is 2. The fourth-order valence-electron chi connectivity index (χ4n) is 1.84. The maximum absolute atomic E-state index is 10.8. The number of hydrogen-bond donors (Lipinski definition) is 0. The van der Waals surface area contributed by atoms with Crippen LogP contribution in [0.4, 0.5) is 0 Å². The van der Waals surface area contributed by atoms with E-state index in [0.717, 1.165) is 5.56 Å². The summed E-state index contributed by atoms with van der Waals surface area (Å²) in [4.78, 5) is 10.8. The molecule has 1 aliphatic rings. The molecule has 0 bridgehead atoms. The molecule has 0 aliphatic heterocycles. The zero-order valence-electron chi connectivity index (χ0n) is 9.84. The molecule has 0 spiro atoms. The third-order valence-electron chi connectivity index (χ3n) is 2.63. The summed E-state index contributed by atoms with van der Waals surface area (Å²) in [6, 6.07) is 10.0. The van der Waals surface area contributed by atoms with E-state index in [1.54, 1.807) is 0 Å². The van der Waals surface area contributed by atoms with Crippen LogP contribution in [-0.4, -0.2) is 18.2 Å². The van der Waals surface area contributed by atoms with Gasteiger partial charge in [0.2, 0.25) is 0 Å². The Balaban J connectivity index is 1.76. The molecule has 3 nitrogen and oxygen atoms in total. The zero-order chi connectivity index (χ0) is 12.1. The SMILES string of the molecule is CC(=O)O[C@@H]1C=C[C@H](OCc2ccccc2)C1. The Labute approximate surface area is 101 Å². The third kappa shape index (κ3) is 3.71. The van der Waals surface area contributed by atoms with Crippen LogP contribution in [0, 0.1) is 0 Å². The summed E-state index contributed by atoms with van der Waals surface area (Å²) in [5.74, 6) is -0.247. The minimum absolute atomic E-state index is 0.0413. The molecular weight excluding hydrogens is 216 g/mol. The summed E-state index contributed by atoms with van der Waals surface area (Å²) >= 11 is 0. The fraction of sp³-hybridized carbons (Fsp3) is 0.357. The Bertz CT molecular complexity index is 397. The monoisotopic (exact) mass is 232 g/mol. The van der Waals surface area contributed by atoms with Gasteiger partial charge in [-0.2, -0.15) is 0 Å². The van der Waals surface area contributed by atoms with Crippen LogP contribution in [0.2, 0.25) is 0 Å². The van der Waals surface area contributed by atoms with Gasteiger partial charge < -0.3 is 9.47 Å². The van der Waals surface area contributed by atoms with Crippen molar-refractivity contribution in [3.8, 4) is 0 Å². The van der Waals surface area contributed by atoms with Crippen molar-refractivity contribution in [2.45, 2.75) is 32.2 Å². The number of hydrogen-bond acceptors (Lipinski definition) is 3. The van der Waals surface area contributed by atoms with Crippen LogP contribution in [0.5, 0.6) is 0 Å². The topological polar surface area (TPSA) is 35.5 Å². The lowest BCUT2D eigenvalue weighted by Crippen LogP contribution is -2.16. The highest BCUT2D eigenvalue weighted by Crippen LogP contribution is 2.18. The van der Waals surface area contributed by atoms with Crippen LogP contribution in [0.15, 0.2) is 42.5 Å². The van der Waals surface area contributed by atoms with Crippen molar-refractivity contribution >= 4 is 5.97 Å². The lowest BCUT2D eigenvalue weighted by molar-refractivity contribution is -0.144. The fourth-order valence-corrected chi connectivity index (χ4v) is 1.84. The van der Waals surface area contributed by atoms with Crippen molar-refractivity contribution in [1.82, 2.24) is 0 Å². The summed E-state index contributed by atoms with van der Waals surface area (Å²) in [7, 11) is 0. The Morgan fingerprint density at radius 3 is 2.65 bits per heavy atom. The van der Waals surface area contributed by atoms with Crippen molar-refractivity contribution in [2.75, 3.05) is 0 Å². The summed E-state index contributed by atoms with van der Waals surface area (Å²) in [5.41, 5.74) is 1.15. The molecule has 0 amide bonds. The van der Waals surface area contributed by atoms with Gasteiger partial charge in [-0.05, 0) is 11.6 Å². The summed E-state index contributed by atoms with van der Waals surface area (Å²) in [6.07, 6.45) is 4.47. The molecule has 2 rings (SSSR count). The Hall–Kier alpha value is -1.61. The molecule has 0 saturated heterocycles. The van der Waals surface area contributed by atoms with E-state index >= 15 is 0 Å². The first-order chi connectivity index (χ1) is 8.24. The Kier molecular flexibility index (Phi) is 3.94. The minimum Gasteiger partial charge on any atom is -0.458 e. The maximum Gasteiger partial charge on any atom is 0.303 e. The molecule has 1 aliphatic carbocycles. The maximum atomic E-state index is 10.8. The van der Waals surface area contributed by atoms with Crippen molar-refractivity contribution in [3.63, 3.8) is 0 Å². The van der Waals surface area contributed by atoms with E-state index in [2.05, 4.69) is 0 Å². The predicted molar refractivity (Wildman–Crippen MR) is 64.3 cm³/mol. The Morgan fingerprint density at radius 1 is 1.24 bits per heavy atom. The third-order valence-corrected chi connectivity index (χ3v) is 2.63. The first-order valence-corrected chi connectivity index (χ1v) is 5.75. The van der Waals surface area contributed by atoms with E-state index in [9.17, 15) is 4.79 Å². The van der Waals surface area contributed by atoms with Gasteiger partial charge in [-0.25, -0.2) is 0 Å². The summed E-state index contributed by atoms with van der Waals surface area (Å²) < 4.78 is 10.8. The van der Waals surface area contributed by atoms with Gasteiger partial charge in [-0.15, -0.1) is 0 Å². The van der Waals surface area contributed by atoms with Crippen LogP contribution in [0.25, 0.3) is 0 Å². The molecule has 3 heteroatoms. The normalized spacial score (nSPS) is 22.6. The van der Waals surface area contributed by atoms with Gasteiger partial charge in [-0.3, -0.25) is 4.79 Å². The number of carbonyl (C=O) groups is 1. The molecule has 1 aromatic carbocycles. The first kappa shape index (κ1) is 11.9. The van der Waals surface area contributed by atoms with Gasteiger partial charge in [0, 0.05) is 13.3 Å². The molecule has 0 saturated carbocycles. The van der Waals surface area contributed by atoms with Crippen LogP contribution in [0.1, 0.15) is 18.9 Å².